The van der Waals surface area contributed by atoms with E-state index in [1.165, 1.54) is 12.1 Å². The van der Waals surface area contributed by atoms with Crippen molar-refractivity contribution in [1.29, 1.82) is 0 Å². The molecule has 34 heavy (non-hydrogen) atoms. The summed E-state index contributed by atoms with van der Waals surface area (Å²) in [5.41, 5.74) is -0.487. The number of hydrogen-bond acceptors (Lipinski definition) is 5. The fourth-order valence-corrected chi connectivity index (χ4v) is 3.81. The van der Waals surface area contributed by atoms with E-state index in [9.17, 15) is 18.0 Å². The minimum absolute atomic E-state index is 0.287. The van der Waals surface area contributed by atoms with E-state index >= 15 is 0 Å². The van der Waals surface area contributed by atoms with Crippen LogP contribution in [0.4, 0.5) is 29.6 Å². The Morgan fingerprint density at radius 3 is 2.24 bits per heavy atom. The Kier molecular flexibility index (Phi) is 6.99. The summed E-state index contributed by atoms with van der Waals surface area (Å²) in [6, 6.07) is 10.3. The number of anilines is 2. The minimum Gasteiger partial charge on any atom is -0.439 e. The third kappa shape index (κ3) is 6.00. The van der Waals surface area contributed by atoms with Gasteiger partial charge in [0.2, 0.25) is 11.8 Å². The lowest BCUT2D eigenvalue weighted by Gasteiger charge is -2.34. The molecule has 2 aromatic carbocycles. The first-order chi connectivity index (χ1) is 16.2. The fourth-order valence-electron chi connectivity index (χ4n) is 3.30. The van der Waals surface area contributed by atoms with Crippen molar-refractivity contribution in [3.05, 3.63) is 70.3 Å². The SMILES string of the molecule is O=C(Nc1ccc(C(F)(F)F)cc1)N1CCN(c2nccc(Oc3cc(Cl)cc(Cl)c3)n2)CC1. The van der Waals surface area contributed by atoms with E-state index < -0.39 is 17.8 Å². The van der Waals surface area contributed by atoms with Gasteiger partial charge in [0.15, 0.2) is 0 Å². The van der Waals surface area contributed by atoms with Crippen LogP contribution in [-0.2, 0) is 6.18 Å². The molecule has 3 aromatic rings. The zero-order valence-electron chi connectivity index (χ0n) is 17.5. The molecule has 1 fully saturated rings. The Morgan fingerprint density at radius 2 is 1.62 bits per heavy atom. The number of carbonyl (C=O) groups is 1. The van der Waals surface area contributed by atoms with Gasteiger partial charge in [-0.3, -0.25) is 0 Å². The van der Waals surface area contributed by atoms with Crippen LogP contribution >= 0.6 is 23.2 Å². The number of hydrogen-bond donors (Lipinski definition) is 1. The van der Waals surface area contributed by atoms with E-state index in [1.54, 1.807) is 35.4 Å². The van der Waals surface area contributed by atoms with Crippen LogP contribution < -0.4 is 15.0 Å². The Labute approximate surface area is 203 Å². The minimum atomic E-state index is -4.43. The molecule has 178 valence electrons. The lowest BCUT2D eigenvalue weighted by Crippen LogP contribution is -2.50. The van der Waals surface area contributed by atoms with Crippen molar-refractivity contribution >= 4 is 40.9 Å². The average molecular weight is 512 g/mol. The number of nitrogens with zero attached hydrogens (tertiary/aromatic N) is 4. The number of halogens is 5. The molecule has 0 bridgehead atoms. The van der Waals surface area contributed by atoms with Crippen LogP contribution in [0, 0.1) is 0 Å². The lowest BCUT2D eigenvalue weighted by molar-refractivity contribution is -0.137. The molecule has 0 aliphatic carbocycles. The monoisotopic (exact) mass is 511 g/mol. The van der Waals surface area contributed by atoms with Crippen LogP contribution in [0.5, 0.6) is 11.6 Å². The van der Waals surface area contributed by atoms with Crippen molar-refractivity contribution in [2.24, 2.45) is 0 Å². The van der Waals surface area contributed by atoms with E-state index in [-0.39, 0.29) is 5.69 Å². The van der Waals surface area contributed by atoms with Gasteiger partial charge in [0.1, 0.15) is 5.75 Å². The Bertz CT molecular complexity index is 1150. The Balaban J connectivity index is 1.33. The molecule has 1 aromatic heterocycles. The van der Waals surface area contributed by atoms with Crippen LogP contribution in [-0.4, -0.2) is 47.1 Å². The van der Waals surface area contributed by atoms with Crippen molar-refractivity contribution in [2.45, 2.75) is 6.18 Å². The second-order valence-electron chi connectivity index (χ2n) is 7.38. The highest BCUT2D eigenvalue weighted by atomic mass is 35.5. The predicted octanol–water partition coefficient (Wildman–Crippen LogP) is 5.95. The van der Waals surface area contributed by atoms with E-state index in [2.05, 4.69) is 15.3 Å². The second-order valence-corrected chi connectivity index (χ2v) is 8.25. The van der Waals surface area contributed by atoms with Gasteiger partial charge in [-0.05, 0) is 42.5 Å². The fraction of sp³-hybridized carbons (Fsp3) is 0.227. The molecule has 4 rings (SSSR count). The summed E-state index contributed by atoms with van der Waals surface area (Å²) in [6.45, 7) is 1.69. The maximum Gasteiger partial charge on any atom is 0.416 e. The van der Waals surface area contributed by atoms with Gasteiger partial charge in [-0.15, -0.1) is 0 Å². The van der Waals surface area contributed by atoms with Crippen LogP contribution in [0.1, 0.15) is 5.56 Å². The highest BCUT2D eigenvalue weighted by Gasteiger charge is 2.30. The van der Waals surface area contributed by atoms with Crippen molar-refractivity contribution < 1.29 is 22.7 Å². The van der Waals surface area contributed by atoms with Gasteiger partial charge >= 0.3 is 12.2 Å². The zero-order chi connectivity index (χ0) is 24.3. The highest BCUT2D eigenvalue weighted by molar-refractivity contribution is 6.34. The van der Waals surface area contributed by atoms with Gasteiger partial charge in [-0.25, -0.2) is 9.78 Å². The molecule has 1 aliphatic heterocycles. The molecule has 1 aliphatic rings. The molecule has 0 unspecified atom stereocenters. The van der Waals surface area contributed by atoms with Gasteiger partial charge in [0.25, 0.3) is 0 Å². The Morgan fingerprint density at radius 1 is 0.971 bits per heavy atom. The number of piperazine rings is 1. The van der Waals surface area contributed by atoms with Gasteiger partial charge in [0, 0.05) is 54.2 Å². The predicted molar refractivity (Wildman–Crippen MR) is 123 cm³/mol. The first kappa shape index (κ1) is 23.9. The van der Waals surface area contributed by atoms with Gasteiger partial charge in [-0.2, -0.15) is 18.2 Å². The van der Waals surface area contributed by atoms with Crippen molar-refractivity contribution in [2.75, 3.05) is 36.4 Å². The average Bonchev–Trinajstić information content (AvgIpc) is 2.78. The number of nitrogens with one attached hydrogen (secondary N) is 1. The smallest absolute Gasteiger partial charge is 0.416 e. The summed E-state index contributed by atoms with van der Waals surface area (Å²) in [4.78, 5) is 24.7. The van der Waals surface area contributed by atoms with Crippen LogP contribution in [0.15, 0.2) is 54.7 Å². The normalized spacial score (nSPS) is 14.1. The summed E-state index contributed by atoms with van der Waals surface area (Å²) in [5, 5.41) is 3.48. The third-order valence-corrected chi connectivity index (χ3v) is 5.43. The third-order valence-electron chi connectivity index (χ3n) is 4.99. The number of ether oxygens (including phenoxy) is 1. The first-order valence-corrected chi connectivity index (χ1v) is 10.9. The molecule has 0 spiro atoms. The van der Waals surface area contributed by atoms with Gasteiger partial charge < -0.3 is 19.9 Å². The molecule has 7 nitrogen and oxygen atoms in total. The van der Waals surface area contributed by atoms with Crippen molar-refractivity contribution in [1.82, 2.24) is 14.9 Å². The van der Waals surface area contributed by atoms with Crippen LogP contribution in [0.25, 0.3) is 0 Å². The summed E-state index contributed by atoms with van der Waals surface area (Å²) < 4.78 is 43.8. The Hall–Kier alpha value is -3.24. The number of alkyl halides is 3. The van der Waals surface area contributed by atoms with E-state index in [1.807, 2.05) is 4.90 Å². The van der Waals surface area contributed by atoms with Gasteiger partial charge in [0.05, 0.1) is 5.56 Å². The molecule has 2 heterocycles. The number of carbonyl (C=O) groups excluding carboxylic acids is 1. The summed E-state index contributed by atoms with van der Waals surface area (Å²) in [5.74, 6) is 1.19. The molecule has 0 radical (unpaired) electrons. The topological polar surface area (TPSA) is 70.6 Å². The van der Waals surface area contributed by atoms with Crippen LogP contribution in [0.3, 0.4) is 0 Å². The van der Waals surface area contributed by atoms with E-state index in [0.717, 1.165) is 12.1 Å². The number of urea groups is 1. The van der Waals surface area contributed by atoms with Crippen molar-refractivity contribution in [3.8, 4) is 11.6 Å². The second kappa shape index (κ2) is 9.94. The summed E-state index contributed by atoms with van der Waals surface area (Å²) in [7, 11) is 0. The molecule has 1 N–H and O–H groups in total. The maximum absolute atomic E-state index is 12.7. The zero-order valence-corrected chi connectivity index (χ0v) is 19.0. The number of benzene rings is 2. The van der Waals surface area contributed by atoms with Gasteiger partial charge in [-0.1, -0.05) is 23.2 Å². The largest absolute Gasteiger partial charge is 0.439 e. The molecular weight excluding hydrogens is 494 g/mol. The maximum atomic E-state index is 12.7. The molecule has 12 heteroatoms. The van der Waals surface area contributed by atoms with E-state index in [0.29, 0.717) is 53.8 Å². The van der Waals surface area contributed by atoms with Crippen LogP contribution in [0.2, 0.25) is 10.0 Å². The molecule has 1 saturated heterocycles. The molecule has 2 amide bonds. The quantitative estimate of drug-likeness (QED) is 0.468. The standard InChI is InChI=1S/C22H18Cl2F3N5O2/c23-15-11-16(24)13-18(12-15)34-19-5-6-28-20(30-19)31-7-9-32(10-8-31)21(33)29-17-3-1-14(2-4-17)22(25,26)27/h1-6,11-13H,7-10H2,(H,29,33). The summed E-state index contributed by atoms with van der Waals surface area (Å²) >= 11 is 12.0. The highest BCUT2D eigenvalue weighted by Crippen LogP contribution is 2.30. The van der Waals surface area contributed by atoms with Crippen molar-refractivity contribution in [3.63, 3.8) is 0 Å². The summed E-state index contributed by atoms with van der Waals surface area (Å²) in [6.07, 6.45) is -2.86. The molecular formula is C22H18Cl2F3N5O2. The first-order valence-electron chi connectivity index (χ1n) is 10.1. The lowest BCUT2D eigenvalue weighted by atomic mass is 10.2. The number of amides is 2. The van der Waals surface area contributed by atoms with E-state index in [4.69, 9.17) is 27.9 Å². The number of aromatic nitrogens is 2. The molecule has 0 atom stereocenters. The number of rotatable bonds is 4. The molecule has 0 saturated carbocycles.